The minimum absolute atomic E-state index is 0.395. The predicted octanol–water partition coefficient (Wildman–Crippen LogP) is 2.56. The molecule has 1 aliphatic heterocycles. The summed E-state index contributed by atoms with van der Waals surface area (Å²) in [6, 6.07) is 6.11. The molecule has 3 nitrogen and oxygen atoms in total. The summed E-state index contributed by atoms with van der Waals surface area (Å²) in [5.74, 6) is 1.61. The van der Waals surface area contributed by atoms with Crippen molar-refractivity contribution in [1.29, 1.82) is 0 Å². The summed E-state index contributed by atoms with van der Waals surface area (Å²) in [5, 5.41) is 0. The van der Waals surface area contributed by atoms with Crippen LogP contribution in [0.15, 0.2) is 18.2 Å². The largest absolute Gasteiger partial charge is 0.496 e. The fraction of sp³-hybridized carbons (Fsp3) is 0.533. The smallest absolute Gasteiger partial charge is 0.129 e. The third-order valence-corrected chi connectivity index (χ3v) is 4.10. The molecular formula is C15H22N2OS. The van der Waals surface area contributed by atoms with E-state index in [9.17, 15) is 0 Å². The zero-order valence-electron chi connectivity index (χ0n) is 11.7. The summed E-state index contributed by atoms with van der Waals surface area (Å²) in [4.78, 5) is 2.89. The topological polar surface area (TPSA) is 38.5 Å². The summed E-state index contributed by atoms with van der Waals surface area (Å²) in [5.41, 5.74) is 7.83. The second-order valence-electron chi connectivity index (χ2n) is 5.20. The third-order valence-electron chi connectivity index (χ3n) is 3.88. The highest BCUT2D eigenvalue weighted by Gasteiger charge is 2.21. The second kappa shape index (κ2) is 6.35. The SMILES string of the molecule is CCC1CCN(Cc2ccc(OC)c(C(N)=S)c2)C1. The molecule has 0 bridgehead atoms. The zero-order valence-corrected chi connectivity index (χ0v) is 12.5. The van der Waals surface area contributed by atoms with Gasteiger partial charge in [-0.15, -0.1) is 0 Å². The number of hydrogen-bond acceptors (Lipinski definition) is 3. The van der Waals surface area contributed by atoms with Crippen LogP contribution in [0.25, 0.3) is 0 Å². The Morgan fingerprint density at radius 1 is 1.53 bits per heavy atom. The van der Waals surface area contributed by atoms with Crippen molar-refractivity contribution in [2.75, 3.05) is 20.2 Å². The summed E-state index contributed by atoms with van der Waals surface area (Å²) in [6.45, 7) is 5.63. The van der Waals surface area contributed by atoms with E-state index in [2.05, 4.69) is 24.0 Å². The van der Waals surface area contributed by atoms with Gasteiger partial charge in [-0.05, 0) is 36.6 Å². The summed E-state index contributed by atoms with van der Waals surface area (Å²) >= 11 is 5.08. The van der Waals surface area contributed by atoms with Crippen molar-refractivity contribution in [3.05, 3.63) is 29.3 Å². The van der Waals surface area contributed by atoms with Crippen LogP contribution < -0.4 is 10.5 Å². The molecule has 1 saturated heterocycles. The maximum absolute atomic E-state index is 5.75. The normalized spacial score (nSPS) is 19.6. The average Bonchev–Trinajstić information content (AvgIpc) is 2.86. The van der Waals surface area contributed by atoms with E-state index in [1.54, 1.807) is 7.11 Å². The highest BCUT2D eigenvalue weighted by molar-refractivity contribution is 7.80. The van der Waals surface area contributed by atoms with E-state index in [4.69, 9.17) is 22.7 Å². The highest BCUT2D eigenvalue weighted by Crippen LogP contribution is 2.24. The van der Waals surface area contributed by atoms with Gasteiger partial charge in [0.2, 0.25) is 0 Å². The number of rotatable bonds is 5. The van der Waals surface area contributed by atoms with Crippen LogP contribution >= 0.6 is 12.2 Å². The van der Waals surface area contributed by atoms with Crippen molar-refractivity contribution in [1.82, 2.24) is 4.90 Å². The molecule has 0 saturated carbocycles. The predicted molar refractivity (Wildman–Crippen MR) is 82.6 cm³/mol. The van der Waals surface area contributed by atoms with Crippen molar-refractivity contribution in [3.8, 4) is 5.75 Å². The molecule has 0 radical (unpaired) electrons. The molecule has 1 atom stereocenters. The van der Waals surface area contributed by atoms with Gasteiger partial charge in [0.25, 0.3) is 0 Å². The van der Waals surface area contributed by atoms with Crippen molar-refractivity contribution in [2.45, 2.75) is 26.3 Å². The number of methoxy groups -OCH3 is 1. The molecule has 1 unspecified atom stereocenters. The van der Waals surface area contributed by atoms with Crippen molar-refractivity contribution >= 4 is 17.2 Å². The molecule has 0 amide bonds. The number of hydrogen-bond donors (Lipinski definition) is 1. The van der Waals surface area contributed by atoms with E-state index >= 15 is 0 Å². The maximum atomic E-state index is 5.75. The van der Waals surface area contributed by atoms with E-state index < -0.39 is 0 Å². The van der Waals surface area contributed by atoms with Crippen LogP contribution in [-0.2, 0) is 6.54 Å². The fourth-order valence-electron chi connectivity index (χ4n) is 2.69. The van der Waals surface area contributed by atoms with Gasteiger partial charge in [-0.25, -0.2) is 0 Å². The van der Waals surface area contributed by atoms with E-state index in [0.717, 1.165) is 23.8 Å². The molecule has 1 heterocycles. The van der Waals surface area contributed by atoms with E-state index in [0.29, 0.717) is 4.99 Å². The van der Waals surface area contributed by atoms with Crippen LogP contribution in [0.2, 0.25) is 0 Å². The van der Waals surface area contributed by atoms with E-state index in [-0.39, 0.29) is 0 Å². The Bertz CT molecular complexity index is 461. The molecule has 0 aliphatic carbocycles. The number of ether oxygens (including phenoxy) is 1. The van der Waals surface area contributed by atoms with Gasteiger partial charge in [-0.2, -0.15) is 0 Å². The lowest BCUT2D eigenvalue weighted by Crippen LogP contribution is -2.20. The first-order chi connectivity index (χ1) is 9.13. The minimum Gasteiger partial charge on any atom is -0.496 e. The van der Waals surface area contributed by atoms with Gasteiger partial charge in [0, 0.05) is 13.1 Å². The third kappa shape index (κ3) is 3.45. The van der Waals surface area contributed by atoms with Crippen LogP contribution in [0.3, 0.4) is 0 Å². The Morgan fingerprint density at radius 2 is 2.32 bits per heavy atom. The van der Waals surface area contributed by atoms with Gasteiger partial charge < -0.3 is 10.5 Å². The first kappa shape index (κ1) is 14.3. The van der Waals surface area contributed by atoms with Crippen LogP contribution in [0, 0.1) is 5.92 Å². The van der Waals surface area contributed by atoms with Crippen molar-refractivity contribution in [3.63, 3.8) is 0 Å². The Labute approximate surface area is 120 Å². The van der Waals surface area contributed by atoms with Crippen LogP contribution in [0.4, 0.5) is 0 Å². The lowest BCUT2D eigenvalue weighted by atomic mass is 10.1. The average molecular weight is 278 g/mol. The molecule has 19 heavy (non-hydrogen) atoms. The van der Waals surface area contributed by atoms with Crippen LogP contribution in [-0.4, -0.2) is 30.1 Å². The van der Waals surface area contributed by atoms with E-state index in [1.165, 1.54) is 31.5 Å². The number of benzene rings is 1. The first-order valence-electron chi connectivity index (χ1n) is 6.83. The Balaban J connectivity index is 2.09. The van der Waals surface area contributed by atoms with Gasteiger partial charge in [-0.1, -0.05) is 31.6 Å². The van der Waals surface area contributed by atoms with E-state index in [1.807, 2.05) is 6.07 Å². The number of nitrogens with zero attached hydrogens (tertiary/aromatic N) is 1. The zero-order chi connectivity index (χ0) is 13.8. The molecule has 104 valence electrons. The molecule has 1 aliphatic rings. The quantitative estimate of drug-likeness (QED) is 0.840. The summed E-state index contributed by atoms with van der Waals surface area (Å²) in [7, 11) is 1.64. The Hall–Kier alpha value is -1.13. The number of likely N-dealkylation sites (tertiary alicyclic amines) is 1. The van der Waals surface area contributed by atoms with Gasteiger partial charge in [0.05, 0.1) is 12.7 Å². The molecule has 2 N–H and O–H groups in total. The summed E-state index contributed by atoms with van der Waals surface area (Å²) < 4.78 is 5.28. The standard InChI is InChI=1S/C15H22N2OS/c1-3-11-6-7-17(9-11)10-12-4-5-14(18-2)13(8-12)15(16)19/h4-5,8,11H,3,6-7,9-10H2,1-2H3,(H2,16,19). The van der Waals surface area contributed by atoms with Crippen LogP contribution in [0.1, 0.15) is 30.9 Å². The lowest BCUT2D eigenvalue weighted by molar-refractivity contribution is 0.315. The minimum atomic E-state index is 0.395. The summed E-state index contributed by atoms with van der Waals surface area (Å²) in [6.07, 6.45) is 2.59. The van der Waals surface area contributed by atoms with Gasteiger partial charge in [0.15, 0.2) is 0 Å². The van der Waals surface area contributed by atoms with Crippen LogP contribution in [0.5, 0.6) is 5.75 Å². The van der Waals surface area contributed by atoms with Gasteiger partial charge >= 0.3 is 0 Å². The molecule has 1 aromatic rings. The van der Waals surface area contributed by atoms with Crippen molar-refractivity contribution < 1.29 is 4.74 Å². The molecule has 1 fully saturated rings. The van der Waals surface area contributed by atoms with Crippen molar-refractivity contribution in [2.24, 2.45) is 11.7 Å². The monoisotopic (exact) mass is 278 g/mol. The Morgan fingerprint density at radius 3 is 2.89 bits per heavy atom. The Kier molecular flexibility index (Phi) is 4.77. The van der Waals surface area contributed by atoms with Gasteiger partial charge in [0.1, 0.15) is 10.7 Å². The second-order valence-corrected chi connectivity index (χ2v) is 5.64. The molecule has 1 aromatic carbocycles. The highest BCUT2D eigenvalue weighted by atomic mass is 32.1. The molecule has 4 heteroatoms. The number of thiocarbonyl (C=S) groups is 1. The lowest BCUT2D eigenvalue weighted by Gasteiger charge is -2.17. The molecular weight excluding hydrogens is 256 g/mol. The first-order valence-corrected chi connectivity index (χ1v) is 7.24. The number of nitrogens with two attached hydrogens (primary N) is 1. The molecule has 2 rings (SSSR count). The van der Waals surface area contributed by atoms with Gasteiger partial charge in [-0.3, -0.25) is 4.90 Å². The molecule has 0 spiro atoms. The maximum Gasteiger partial charge on any atom is 0.129 e. The fourth-order valence-corrected chi connectivity index (χ4v) is 2.85. The molecule has 0 aromatic heterocycles.